The van der Waals surface area contributed by atoms with E-state index < -0.39 is 64.7 Å². The van der Waals surface area contributed by atoms with Gasteiger partial charge < -0.3 is 31.5 Å². The van der Waals surface area contributed by atoms with E-state index in [1.807, 2.05) is 4.90 Å². The molecule has 1 aromatic carbocycles. The Morgan fingerprint density at radius 2 is 1.85 bits per heavy atom. The molecule has 5 rings (SSSR count). The lowest BCUT2D eigenvalue weighted by molar-refractivity contribution is -0.148. The van der Waals surface area contributed by atoms with E-state index in [0.29, 0.717) is 18.4 Å². The summed E-state index contributed by atoms with van der Waals surface area (Å²) in [6.45, 7) is 1.24. The summed E-state index contributed by atoms with van der Waals surface area (Å²) in [4.78, 5) is 56.1. The monoisotopic (exact) mass is 568 g/mol. The number of carbonyl (C=O) groups is 4. The van der Waals surface area contributed by atoms with Gasteiger partial charge in [0.1, 0.15) is 17.1 Å². The van der Waals surface area contributed by atoms with Crippen molar-refractivity contribution >= 4 is 29.1 Å². The van der Waals surface area contributed by atoms with Gasteiger partial charge in [0, 0.05) is 28.3 Å². The number of primary amides is 1. The van der Waals surface area contributed by atoms with Crippen molar-refractivity contribution in [3.8, 4) is 0 Å². The second-order valence-electron chi connectivity index (χ2n) is 11.6. The van der Waals surface area contributed by atoms with Crippen LogP contribution in [0.5, 0.6) is 0 Å². The van der Waals surface area contributed by atoms with Gasteiger partial charge in [-0.3, -0.25) is 29.0 Å². The summed E-state index contributed by atoms with van der Waals surface area (Å²) in [5.41, 5.74) is 2.83. The van der Waals surface area contributed by atoms with Crippen molar-refractivity contribution in [1.82, 2.24) is 9.80 Å². The summed E-state index contributed by atoms with van der Waals surface area (Å²) in [7, 11) is 3.18. The number of allylic oxidation sites excluding steroid dienone is 1. The van der Waals surface area contributed by atoms with Crippen molar-refractivity contribution in [2.45, 2.75) is 50.4 Å². The molecule has 0 radical (unpaired) electrons. The van der Waals surface area contributed by atoms with E-state index in [1.165, 1.54) is 4.90 Å². The van der Waals surface area contributed by atoms with Crippen LogP contribution < -0.4 is 11.1 Å². The summed E-state index contributed by atoms with van der Waals surface area (Å²) in [5, 5.41) is 47.4. The molecule has 12 nitrogen and oxygen atoms in total. The molecule has 12 heteroatoms. The van der Waals surface area contributed by atoms with Crippen molar-refractivity contribution in [3.05, 3.63) is 51.5 Å². The van der Waals surface area contributed by atoms with Crippen LogP contribution in [0.25, 0.3) is 0 Å². The molecule has 1 heterocycles. The minimum atomic E-state index is -2.68. The Hall–Kier alpha value is -3.58. The van der Waals surface area contributed by atoms with Crippen molar-refractivity contribution in [3.63, 3.8) is 0 Å². The van der Waals surface area contributed by atoms with Gasteiger partial charge in [-0.2, -0.15) is 0 Å². The molecule has 1 fully saturated rings. The van der Waals surface area contributed by atoms with Gasteiger partial charge in [-0.15, -0.1) is 0 Å². The number of amides is 2. The molecule has 2 amide bonds. The summed E-state index contributed by atoms with van der Waals surface area (Å²) >= 11 is 0. The average molecular weight is 569 g/mol. The highest BCUT2D eigenvalue weighted by molar-refractivity contribution is 6.24. The fourth-order valence-corrected chi connectivity index (χ4v) is 7.11. The third-order valence-electron chi connectivity index (χ3n) is 9.02. The third kappa shape index (κ3) is 4.55. The summed E-state index contributed by atoms with van der Waals surface area (Å²) in [5.74, 6) is -6.64. The van der Waals surface area contributed by atoms with Crippen LogP contribution in [0, 0.1) is 11.8 Å². The smallest absolute Gasteiger partial charge is 0.255 e. The largest absolute Gasteiger partial charge is 0.510 e. The first kappa shape index (κ1) is 28.9. The SMILES string of the molecule is CN(C)[C@@H]1C(O)=C(C(N)=O)C(=O)[C@@]2(O)C(O)=C3C(=O)c4c(ccc(NC(=O)CN5CCCC5)c4CO)CC[C@H]3C[C@@H]12. The summed E-state index contributed by atoms with van der Waals surface area (Å²) in [6.07, 6.45) is 2.84. The Bertz CT molecular complexity index is 1390. The standard InChI is InChI=1S/C29H36N4O8/c1-32(2)23-17-11-15-6-5-14-7-8-18(31-19(35)12-33-9-3-4-10-33)16(13-34)20(14)24(36)21(15)26(38)29(17,41)27(39)22(25(23)37)28(30)40/h7-8,15,17,23,34,37-38,41H,3-6,9-13H2,1-2H3,(H2,30,40)(H,31,35)/t15-,17-,23-,29-/m0/s1. The lowest BCUT2D eigenvalue weighted by atomic mass is 9.60. The number of hydrogen-bond donors (Lipinski definition) is 6. The second kappa shape index (κ2) is 10.7. The molecule has 0 bridgehead atoms. The molecule has 1 aliphatic heterocycles. The van der Waals surface area contributed by atoms with Gasteiger partial charge in [0.2, 0.25) is 11.7 Å². The number of fused-ring (bicyclic) bond motifs is 3. The Morgan fingerprint density at radius 1 is 1.17 bits per heavy atom. The number of aliphatic hydroxyl groups is 4. The highest BCUT2D eigenvalue weighted by atomic mass is 16.3. The quantitative estimate of drug-likeness (QED) is 0.261. The molecule has 0 saturated carbocycles. The maximum absolute atomic E-state index is 14.2. The van der Waals surface area contributed by atoms with Gasteiger partial charge in [0.15, 0.2) is 11.4 Å². The number of nitrogens with two attached hydrogens (primary N) is 1. The minimum Gasteiger partial charge on any atom is -0.510 e. The fraction of sp³-hybridized carbons (Fsp3) is 0.517. The van der Waals surface area contributed by atoms with E-state index in [2.05, 4.69) is 5.32 Å². The predicted octanol–water partition coefficient (Wildman–Crippen LogP) is 0.332. The fourth-order valence-electron chi connectivity index (χ4n) is 7.11. The zero-order valence-corrected chi connectivity index (χ0v) is 23.1. The molecule has 1 aromatic rings. The average Bonchev–Trinajstić information content (AvgIpc) is 3.36. The molecule has 220 valence electrons. The van der Waals surface area contributed by atoms with Crippen LogP contribution in [0.3, 0.4) is 0 Å². The van der Waals surface area contributed by atoms with Gasteiger partial charge >= 0.3 is 0 Å². The lowest BCUT2D eigenvalue weighted by Gasteiger charge is -2.49. The number of carbonyl (C=O) groups excluding carboxylic acids is 4. The number of nitrogens with zero attached hydrogens (tertiary/aromatic N) is 2. The second-order valence-corrected chi connectivity index (χ2v) is 11.6. The van der Waals surface area contributed by atoms with Gasteiger partial charge in [-0.1, -0.05) is 6.07 Å². The number of benzene rings is 1. The first-order valence-electron chi connectivity index (χ1n) is 13.8. The van der Waals surface area contributed by atoms with Crippen molar-refractivity contribution < 1.29 is 39.6 Å². The molecule has 4 aliphatic rings. The number of hydrogen-bond acceptors (Lipinski definition) is 10. The number of aliphatic hydroxyl groups excluding tert-OH is 3. The van der Waals surface area contributed by atoms with E-state index in [9.17, 15) is 39.6 Å². The predicted molar refractivity (Wildman–Crippen MR) is 147 cm³/mol. The topological polar surface area (TPSA) is 194 Å². The zero-order valence-electron chi connectivity index (χ0n) is 23.1. The molecule has 3 aliphatic carbocycles. The Morgan fingerprint density at radius 3 is 2.46 bits per heavy atom. The molecule has 0 aromatic heterocycles. The molecule has 41 heavy (non-hydrogen) atoms. The number of ketones is 2. The molecular formula is C29H36N4O8. The minimum absolute atomic E-state index is 0.0498. The van der Waals surface area contributed by atoms with E-state index in [1.54, 1.807) is 26.2 Å². The Balaban J connectivity index is 1.59. The first-order chi connectivity index (χ1) is 19.4. The molecule has 4 atom stereocenters. The summed E-state index contributed by atoms with van der Waals surface area (Å²) in [6, 6.07) is 2.30. The van der Waals surface area contributed by atoms with E-state index >= 15 is 0 Å². The zero-order chi connectivity index (χ0) is 29.8. The lowest BCUT2D eigenvalue weighted by Crippen LogP contribution is -2.63. The van der Waals surface area contributed by atoms with Gasteiger partial charge in [-0.05, 0) is 76.8 Å². The van der Waals surface area contributed by atoms with Crippen LogP contribution in [0.15, 0.2) is 34.8 Å². The first-order valence-corrected chi connectivity index (χ1v) is 13.8. The van der Waals surface area contributed by atoms with Gasteiger partial charge in [0.25, 0.3) is 5.91 Å². The Kier molecular flexibility index (Phi) is 7.53. The van der Waals surface area contributed by atoms with Gasteiger partial charge in [0.05, 0.1) is 19.2 Å². The van der Waals surface area contributed by atoms with E-state index in [4.69, 9.17) is 5.73 Å². The van der Waals surface area contributed by atoms with Gasteiger partial charge in [-0.25, -0.2) is 0 Å². The van der Waals surface area contributed by atoms with Crippen LogP contribution in [-0.4, -0.2) is 99.0 Å². The molecule has 7 N–H and O–H groups in total. The van der Waals surface area contributed by atoms with E-state index in [-0.39, 0.29) is 41.3 Å². The number of aryl methyl sites for hydroxylation is 1. The molecule has 0 spiro atoms. The highest BCUT2D eigenvalue weighted by Gasteiger charge is 2.62. The van der Waals surface area contributed by atoms with Crippen molar-refractivity contribution in [2.24, 2.45) is 17.6 Å². The highest BCUT2D eigenvalue weighted by Crippen LogP contribution is 2.51. The van der Waals surface area contributed by atoms with Crippen LogP contribution >= 0.6 is 0 Å². The third-order valence-corrected chi connectivity index (χ3v) is 9.02. The van der Waals surface area contributed by atoms with Crippen molar-refractivity contribution in [2.75, 3.05) is 39.0 Å². The molecule has 1 saturated heterocycles. The Labute approximate surface area is 237 Å². The van der Waals surface area contributed by atoms with Crippen molar-refractivity contribution in [1.29, 1.82) is 0 Å². The number of anilines is 1. The van der Waals surface area contributed by atoms with Crippen LogP contribution in [-0.2, 0) is 27.4 Å². The van der Waals surface area contributed by atoms with Crippen LogP contribution in [0.4, 0.5) is 5.69 Å². The maximum Gasteiger partial charge on any atom is 0.255 e. The molecule has 0 unspecified atom stereocenters. The number of likely N-dealkylation sites (N-methyl/N-ethyl adjacent to an activating group) is 1. The number of Topliss-reactive ketones (excluding diaryl/α,β-unsaturated/α-hetero) is 2. The van der Waals surface area contributed by atoms with Crippen LogP contribution in [0.1, 0.15) is 47.2 Å². The number of nitrogens with one attached hydrogen (secondary N) is 1. The molecular weight excluding hydrogens is 532 g/mol. The normalized spacial score (nSPS) is 28.4. The van der Waals surface area contributed by atoms with Crippen LogP contribution in [0.2, 0.25) is 0 Å². The number of likely N-dealkylation sites (tertiary alicyclic amines) is 1. The van der Waals surface area contributed by atoms with E-state index in [0.717, 1.165) is 25.9 Å². The summed E-state index contributed by atoms with van der Waals surface area (Å²) < 4.78 is 0. The maximum atomic E-state index is 14.2. The number of rotatable bonds is 6.